The standard InChI is InChI=1S/C48H52O4/c1-9-14-22-37(28-35(12-4)29-38-31-52-48(46(38)34(8)50)33(7)45(51)30-49)39(13-5)47(40-23-16-15-21-32(40)6)44-27-26-41(36(19-10-2)20-11-3)42-24-17-18-25-43(42)44/h10-12,14-17,19-24,26-29,31,49-51H,2,4,8-9,13,18,25,30H2,1,3,5-7H3/b20-11-,22-14-,35-29+,36-19+,37-28+,45-33+,47-39+. The molecular formula is C48H52O4. The third-order valence-corrected chi connectivity index (χ3v) is 9.29. The molecule has 4 heteroatoms. The third-order valence-electron chi connectivity index (χ3n) is 9.29. The molecule has 0 radical (unpaired) electrons. The Labute approximate surface area is 310 Å². The van der Waals surface area contributed by atoms with E-state index in [4.69, 9.17) is 4.42 Å². The second kappa shape index (κ2) is 18.6. The van der Waals surface area contributed by atoms with Crippen LogP contribution in [0, 0.1) is 6.92 Å². The van der Waals surface area contributed by atoms with Crippen LogP contribution in [0.3, 0.4) is 0 Å². The van der Waals surface area contributed by atoms with Crippen LogP contribution in [0.15, 0.2) is 144 Å². The van der Waals surface area contributed by atoms with Gasteiger partial charge in [0.05, 0.1) is 11.8 Å². The van der Waals surface area contributed by atoms with E-state index in [0.717, 1.165) is 42.4 Å². The maximum atomic E-state index is 10.6. The first kappa shape index (κ1) is 39.2. The van der Waals surface area contributed by atoms with Crippen molar-refractivity contribution >= 4 is 34.6 Å². The highest BCUT2D eigenvalue weighted by Crippen LogP contribution is 2.41. The van der Waals surface area contributed by atoms with Crippen molar-refractivity contribution in [3.63, 3.8) is 0 Å². The summed E-state index contributed by atoms with van der Waals surface area (Å²) in [6.45, 7) is 21.5. The highest BCUT2D eigenvalue weighted by Gasteiger charge is 2.23. The van der Waals surface area contributed by atoms with Gasteiger partial charge in [-0.05, 0) is 120 Å². The molecule has 3 aromatic rings. The molecule has 0 bridgehead atoms. The van der Waals surface area contributed by atoms with Gasteiger partial charge in [-0.25, -0.2) is 0 Å². The smallest absolute Gasteiger partial charge is 0.144 e. The largest absolute Gasteiger partial charge is 0.509 e. The Morgan fingerprint density at radius 2 is 1.75 bits per heavy atom. The van der Waals surface area contributed by atoms with Crippen molar-refractivity contribution in [1.29, 1.82) is 0 Å². The molecule has 0 fully saturated rings. The molecule has 3 N–H and O–H groups in total. The molecule has 4 rings (SSSR count). The summed E-state index contributed by atoms with van der Waals surface area (Å²) in [5, 5.41) is 30.4. The molecule has 1 heterocycles. The number of benzene rings is 2. The van der Waals surface area contributed by atoms with E-state index >= 15 is 0 Å². The zero-order valence-electron chi connectivity index (χ0n) is 31.3. The molecule has 1 aliphatic carbocycles. The molecule has 0 saturated heterocycles. The fourth-order valence-electron chi connectivity index (χ4n) is 6.73. The summed E-state index contributed by atoms with van der Waals surface area (Å²) in [5.74, 6) is -0.218. The van der Waals surface area contributed by atoms with Gasteiger partial charge in [0.2, 0.25) is 0 Å². The molecule has 0 atom stereocenters. The molecule has 0 spiro atoms. The van der Waals surface area contributed by atoms with Crippen molar-refractivity contribution in [2.75, 3.05) is 6.61 Å². The quantitative estimate of drug-likeness (QED) is 0.109. The molecule has 0 saturated carbocycles. The lowest BCUT2D eigenvalue weighted by Gasteiger charge is -2.25. The Morgan fingerprint density at radius 3 is 2.38 bits per heavy atom. The van der Waals surface area contributed by atoms with E-state index in [1.54, 1.807) is 13.0 Å². The van der Waals surface area contributed by atoms with Crippen LogP contribution in [0.1, 0.15) is 97.2 Å². The number of aliphatic hydroxyl groups excluding tert-OH is 3. The zero-order chi connectivity index (χ0) is 37.8. The fourth-order valence-corrected chi connectivity index (χ4v) is 6.73. The lowest BCUT2D eigenvalue weighted by molar-refractivity contribution is 0.254. The summed E-state index contributed by atoms with van der Waals surface area (Å²) < 4.78 is 5.81. The number of aryl methyl sites for hydroxylation is 1. The van der Waals surface area contributed by atoms with E-state index in [1.165, 1.54) is 50.8 Å². The van der Waals surface area contributed by atoms with Crippen molar-refractivity contribution < 1.29 is 19.7 Å². The van der Waals surface area contributed by atoms with Crippen LogP contribution in [0.25, 0.3) is 34.6 Å². The monoisotopic (exact) mass is 692 g/mol. The number of aliphatic hydroxyl groups is 3. The van der Waals surface area contributed by atoms with Crippen molar-refractivity contribution in [3.8, 4) is 0 Å². The molecule has 0 aliphatic heterocycles. The predicted octanol–water partition coefficient (Wildman–Crippen LogP) is 12.9. The summed E-state index contributed by atoms with van der Waals surface area (Å²) in [7, 11) is 0. The molecule has 268 valence electrons. The van der Waals surface area contributed by atoms with Gasteiger partial charge in [0.1, 0.15) is 23.9 Å². The normalized spacial score (nSPS) is 14.8. The van der Waals surface area contributed by atoms with Gasteiger partial charge in [-0.3, -0.25) is 0 Å². The first-order chi connectivity index (χ1) is 25.1. The van der Waals surface area contributed by atoms with Gasteiger partial charge in [-0.2, -0.15) is 0 Å². The molecule has 0 amide bonds. The van der Waals surface area contributed by atoms with Gasteiger partial charge in [-0.1, -0.05) is 125 Å². The fraction of sp³-hybridized carbons (Fsp3) is 0.208. The number of fused-ring (bicyclic) bond motifs is 1. The maximum absolute atomic E-state index is 10.6. The van der Waals surface area contributed by atoms with Crippen LogP contribution in [0.5, 0.6) is 0 Å². The minimum atomic E-state index is -0.553. The van der Waals surface area contributed by atoms with E-state index in [1.807, 2.05) is 19.1 Å². The van der Waals surface area contributed by atoms with E-state index < -0.39 is 6.61 Å². The maximum Gasteiger partial charge on any atom is 0.144 e. The van der Waals surface area contributed by atoms with Gasteiger partial charge in [0.25, 0.3) is 0 Å². The summed E-state index contributed by atoms with van der Waals surface area (Å²) in [4.78, 5) is 0. The first-order valence-corrected chi connectivity index (χ1v) is 18.0. The van der Waals surface area contributed by atoms with Gasteiger partial charge in [-0.15, -0.1) is 0 Å². The first-order valence-electron chi connectivity index (χ1n) is 18.0. The Balaban J connectivity index is 2.09. The average Bonchev–Trinajstić information content (AvgIpc) is 3.58. The van der Waals surface area contributed by atoms with E-state index in [9.17, 15) is 15.3 Å². The van der Waals surface area contributed by atoms with Gasteiger partial charge >= 0.3 is 0 Å². The zero-order valence-corrected chi connectivity index (χ0v) is 31.3. The van der Waals surface area contributed by atoms with E-state index in [0.29, 0.717) is 16.7 Å². The Morgan fingerprint density at radius 1 is 1.00 bits per heavy atom. The van der Waals surface area contributed by atoms with Crippen molar-refractivity contribution in [2.45, 2.75) is 60.3 Å². The molecular weight excluding hydrogens is 641 g/mol. The number of hydrogen-bond acceptors (Lipinski definition) is 4. The van der Waals surface area contributed by atoms with Crippen LogP contribution in [0.4, 0.5) is 0 Å². The lowest BCUT2D eigenvalue weighted by Crippen LogP contribution is -2.07. The average molecular weight is 693 g/mol. The summed E-state index contributed by atoms with van der Waals surface area (Å²) in [6, 6.07) is 13.1. The van der Waals surface area contributed by atoms with Crippen LogP contribution in [0.2, 0.25) is 0 Å². The number of rotatable bonds is 15. The second-order valence-electron chi connectivity index (χ2n) is 12.7. The highest BCUT2D eigenvalue weighted by atomic mass is 16.3. The topological polar surface area (TPSA) is 73.8 Å². The van der Waals surface area contributed by atoms with Crippen LogP contribution in [-0.4, -0.2) is 21.9 Å². The molecule has 4 nitrogen and oxygen atoms in total. The number of furan rings is 1. The SMILES string of the molecule is C=C/C=C(\C=C/C)c1ccc(/C(=C(CC)/C(/C=C\CC)=C/C(C=C)=C/c2coc(/C(C)=C(/O)CO)c2C(=C)O)c2ccccc2C)c2c1C=CCC2. The van der Waals surface area contributed by atoms with Crippen LogP contribution >= 0.6 is 0 Å². The molecule has 52 heavy (non-hydrogen) atoms. The Hall–Kier alpha value is -5.58. The minimum Gasteiger partial charge on any atom is -0.509 e. The summed E-state index contributed by atoms with van der Waals surface area (Å²) in [5.41, 5.74) is 13.9. The van der Waals surface area contributed by atoms with Crippen molar-refractivity contribution in [1.82, 2.24) is 0 Å². The summed E-state index contributed by atoms with van der Waals surface area (Å²) >= 11 is 0. The Kier molecular flexibility index (Phi) is 14.0. The van der Waals surface area contributed by atoms with Gasteiger partial charge < -0.3 is 19.7 Å². The van der Waals surface area contributed by atoms with Crippen LogP contribution in [-0.2, 0) is 6.42 Å². The minimum absolute atomic E-state index is 0.211. The highest BCUT2D eigenvalue weighted by molar-refractivity contribution is 5.92. The van der Waals surface area contributed by atoms with E-state index in [-0.39, 0.29) is 17.3 Å². The molecule has 1 aromatic heterocycles. The van der Waals surface area contributed by atoms with Gasteiger partial charge in [0, 0.05) is 11.1 Å². The number of allylic oxidation sites excluding steroid dienone is 14. The second-order valence-corrected chi connectivity index (χ2v) is 12.7. The number of hydrogen-bond donors (Lipinski definition) is 3. The molecule has 2 aromatic carbocycles. The van der Waals surface area contributed by atoms with E-state index in [2.05, 4.69) is 126 Å². The van der Waals surface area contributed by atoms with Gasteiger partial charge in [0.15, 0.2) is 0 Å². The van der Waals surface area contributed by atoms with Crippen molar-refractivity contribution in [3.05, 3.63) is 190 Å². The molecule has 1 aliphatic rings. The lowest BCUT2D eigenvalue weighted by atomic mass is 9.79. The third kappa shape index (κ3) is 8.65. The Bertz CT molecular complexity index is 2080. The summed E-state index contributed by atoms with van der Waals surface area (Å²) in [6.07, 6.45) is 27.8. The molecule has 0 unspecified atom stereocenters. The van der Waals surface area contributed by atoms with Crippen molar-refractivity contribution in [2.24, 2.45) is 0 Å². The van der Waals surface area contributed by atoms with Crippen LogP contribution < -0.4 is 0 Å². The predicted molar refractivity (Wildman–Crippen MR) is 223 cm³/mol.